The van der Waals surface area contributed by atoms with E-state index in [9.17, 15) is 14.7 Å². The minimum absolute atomic E-state index is 0.253. The molecule has 4 rings (SSSR count). The molecule has 0 aromatic carbocycles. The number of carbonyl (C=O) groups excluding carboxylic acids is 1. The summed E-state index contributed by atoms with van der Waals surface area (Å²) in [5.74, 6) is -0.253. The molecule has 3 aliphatic heterocycles. The highest BCUT2D eigenvalue weighted by molar-refractivity contribution is 5.88. The van der Waals surface area contributed by atoms with Crippen molar-refractivity contribution in [2.45, 2.75) is 50.4 Å². The summed E-state index contributed by atoms with van der Waals surface area (Å²) < 4.78 is 5.52. The van der Waals surface area contributed by atoms with Gasteiger partial charge in [0, 0.05) is 12.0 Å². The molecule has 3 unspecified atom stereocenters. The van der Waals surface area contributed by atoms with E-state index in [0.717, 1.165) is 11.3 Å². The van der Waals surface area contributed by atoms with E-state index in [2.05, 4.69) is 15.3 Å². The smallest absolute Gasteiger partial charge is 0.408 e. The summed E-state index contributed by atoms with van der Waals surface area (Å²) in [5.41, 5.74) is 1.77. The van der Waals surface area contributed by atoms with Gasteiger partial charge in [-0.25, -0.2) is 14.8 Å². The number of hydrogen-bond donors (Lipinski definition) is 2. The van der Waals surface area contributed by atoms with E-state index >= 15 is 0 Å². The first-order valence-electron chi connectivity index (χ1n) is 7.75. The molecule has 1 aromatic heterocycles. The van der Waals surface area contributed by atoms with Crippen molar-refractivity contribution in [2.75, 3.05) is 6.61 Å². The van der Waals surface area contributed by atoms with Gasteiger partial charge in [-0.15, -0.1) is 0 Å². The third kappa shape index (κ3) is 1.94. The maximum atomic E-state index is 12.4. The van der Waals surface area contributed by atoms with Gasteiger partial charge in [0.15, 0.2) is 0 Å². The molecule has 8 heteroatoms. The number of nitrogens with one attached hydrogen (secondary N) is 1. The minimum atomic E-state index is -1.06. The van der Waals surface area contributed by atoms with Crippen molar-refractivity contribution in [3.05, 3.63) is 23.3 Å². The molecule has 2 amide bonds. The lowest BCUT2D eigenvalue weighted by molar-refractivity contribution is -0.132. The highest BCUT2D eigenvalue weighted by atomic mass is 16.5. The van der Waals surface area contributed by atoms with Crippen LogP contribution in [-0.2, 0) is 22.6 Å². The molecule has 2 saturated heterocycles. The molecule has 0 spiro atoms. The standard InChI is InChI=1S/C15H18N4O4/c1-15-4-2-10(19(15)14(21)22)13(20)18-12(15)11-8-6-23-5-3-9(8)16-7-17-11/h7,10,12H,2-6H2,1H3,(H,18,20)(H,21,22). The van der Waals surface area contributed by atoms with E-state index in [1.54, 1.807) is 0 Å². The lowest BCUT2D eigenvalue weighted by atomic mass is 9.84. The van der Waals surface area contributed by atoms with E-state index in [1.165, 1.54) is 11.2 Å². The summed E-state index contributed by atoms with van der Waals surface area (Å²) in [5, 5.41) is 12.6. The van der Waals surface area contributed by atoms with Crippen molar-refractivity contribution in [1.82, 2.24) is 20.2 Å². The maximum Gasteiger partial charge on any atom is 0.408 e. The third-order valence-electron chi connectivity index (χ3n) is 5.27. The van der Waals surface area contributed by atoms with Gasteiger partial charge < -0.3 is 15.2 Å². The number of carboxylic acid groups (broad SMARTS) is 1. The largest absolute Gasteiger partial charge is 0.465 e. The van der Waals surface area contributed by atoms with Crippen LogP contribution in [0.3, 0.4) is 0 Å². The first-order valence-corrected chi connectivity index (χ1v) is 7.75. The van der Waals surface area contributed by atoms with Crippen molar-refractivity contribution >= 4 is 12.0 Å². The Hall–Kier alpha value is -2.22. The molecule has 3 aliphatic rings. The molecular formula is C15H18N4O4. The quantitative estimate of drug-likeness (QED) is 0.786. The molecule has 0 aliphatic carbocycles. The predicted molar refractivity (Wildman–Crippen MR) is 77.6 cm³/mol. The average Bonchev–Trinajstić information content (AvgIpc) is 2.84. The number of hydrogen-bond acceptors (Lipinski definition) is 5. The Balaban J connectivity index is 1.83. The summed E-state index contributed by atoms with van der Waals surface area (Å²) in [4.78, 5) is 34.1. The van der Waals surface area contributed by atoms with Crippen LogP contribution in [0.2, 0.25) is 0 Å². The first-order chi connectivity index (χ1) is 11.0. The van der Waals surface area contributed by atoms with Crippen LogP contribution in [0, 0.1) is 0 Å². The van der Waals surface area contributed by atoms with Crippen molar-refractivity contribution in [2.24, 2.45) is 0 Å². The molecule has 1 aromatic rings. The zero-order chi connectivity index (χ0) is 16.2. The van der Waals surface area contributed by atoms with Crippen LogP contribution in [0.25, 0.3) is 0 Å². The van der Waals surface area contributed by atoms with Crippen LogP contribution < -0.4 is 5.32 Å². The van der Waals surface area contributed by atoms with E-state index < -0.39 is 23.7 Å². The van der Waals surface area contributed by atoms with E-state index in [4.69, 9.17) is 4.74 Å². The molecule has 0 radical (unpaired) electrons. The monoisotopic (exact) mass is 318 g/mol. The van der Waals surface area contributed by atoms with Gasteiger partial charge in [0.05, 0.1) is 36.2 Å². The fourth-order valence-corrected chi connectivity index (χ4v) is 4.10. The van der Waals surface area contributed by atoms with Gasteiger partial charge >= 0.3 is 6.09 Å². The summed E-state index contributed by atoms with van der Waals surface area (Å²) in [6.45, 7) is 2.88. The SMILES string of the molecule is CC12CCC(C(=O)NC1c1ncnc3c1COCC3)N2C(=O)O. The number of aromatic nitrogens is 2. The molecule has 4 heterocycles. The molecule has 2 fully saturated rings. The lowest BCUT2D eigenvalue weighted by Gasteiger charge is -2.46. The fraction of sp³-hybridized carbons (Fsp3) is 0.600. The number of carbonyl (C=O) groups is 2. The van der Waals surface area contributed by atoms with Crippen molar-refractivity contribution in [3.8, 4) is 0 Å². The van der Waals surface area contributed by atoms with Gasteiger partial charge in [0.1, 0.15) is 12.4 Å². The van der Waals surface area contributed by atoms with Crippen LogP contribution in [0.4, 0.5) is 4.79 Å². The van der Waals surface area contributed by atoms with Gasteiger partial charge in [-0.05, 0) is 19.8 Å². The van der Waals surface area contributed by atoms with Crippen LogP contribution >= 0.6 is 0 Å². The van der Waals surface area contributed by atoms with Gasteiger partial charge in [-0.1, -0.05) is 0 Å². The normalized spacial score (nSPS) is 32.4. The van der Waals surface area contributed by atoms with Crippen LogP contribution in [-0.4, -0.2) is 50.2 Å². The molecule has 2 bridgehead atoms. The number of nitrogens with zero attached hydrogens (tertiary/aromatic N) is 3. The van der Waals surface area contributed by atoms with E-state index in [0.29, 0.717) is 38.2 Å². The Morgan fingerprint density at radius 3 is 3.13 bits per heavy atom. The molecule has 23 heavy (non-hydrogen) atoms. The van der Waals surface area contributed by atoms with Gasteiger partial charge in [0.2, 0.25) is 5.91 Å². The van der Waals surface area contributed by atoms with Gasteiger partial charge in [-0.3, -0.25) is 9.69 Å². The molecule has 3 atom stereocenters. The Morgan fingerprint density at radius 2 is 2.35 bits per heavy atom. The molecule has 8 nitrogen and oxygen atoms in total. The summed E-state index contributed by atoms with van der Waals surface area (Å²) in [7, 11) is 0. The topological polar surface area (TPSA) is 105 Å². The Morgan fingerprint density at radius 1 is 1.52 bits per heavy atom. The number of piperazine rings is 1. The van der Waals surface area contributed by atoms with Crippen molar-refractivity contribution in [1.29, 1.82) is 0 Å². The van der Waals surface area contributed by atoms with Crippen LogP contribution in [0.15, 0.2) is 6.33 Å². The van der Waals surface area contributed by atoms with Gasteiger partial charge in [-0.2, -0.15) is 0 Å². The molecule has 2 N–H and O–H groups in total. The molecule has 122 valence electrons. The zero-order valence-corrected chi connectivity index (χ0v) is 12.8. The van der Waals surface area contributed by atoms with Crippen LogP contribution in [0.1, 0.15) is 42.8 Å². The second-order valence-corrected chi connectivity index (χ2v) is 6.49. The summed E-state index contributed by atoms with van der Waals surface area (Å²) in [6.07, 6.45) is 2.28. The Bertz CT molecular complexity index is 694. The van der Waals surface area contributed by atoms with Crippen molar-refractivity contribution in [3.63, 3.8) is 0 Å². The molecule has 0 saturated carbocycles. The Kier molecular flexibility index (Phi) is 3.06. The second-order valence-electron chi connectivity index (χ2n) is 6.49. The van der Waals surface area contributed by atoms with E-state index in [1.807, 2.05) is 6.92 Å². The minimum Gasteiger partial charge on any atom is -0.465 e. The molecular weight excluding hydrogens is 300 g/mol. The highest BCUT2D eigenvalue weighted by Gasteiger charge is 2.58. The first kappa shape index (κ1) is 14.4. The maximum absolute atomic E-state index is 12.4. The Labute approximate surface area is 132 Å². The lowest BCUT2D eigenvalue weighted by Crippen LogP contribution is -2.64. The zero-order valence-electron chi connectivity index (χ0n) is 12.8. The highest BCUT2D eigenvalue weighted by Crippen LogP contribution is 2.46. The predicted octanol–water partition coefficient (Wildman–Crippen LogP) is 0.621. The number of ether oxygens (including phenoxy) is 1. The second kappa shape index (κ2) is 4.89. The summed E-state index contributed by atoms with van der Waals surface area (Å²) in [6, 6.07) is -1.09. The van der Waals surface area contributed by atoms with Crippen LogP contribution in [0.5, 0.6) is 0 Å². The van der Waals surface area contributed by atoms with E-state index in [-0.39, 0.29) is 5.91 Å². The number of fused-ring (bicyclic) bond motifs is 3. The van der Waals surface area contributed by atoms with Crippen molar-refractivity contribution < 1.29 is 19.4 Å². The average molecular weight is 318 g/mol. The summed E-state index contributed by atoms with van der Waals surface area (Å²) >= 11 is 0. The number of amides is 2. The third-order valence-corrected chi connectivity index (χ3v) is 5.27. The fourth-order valence-electron chi connectivity index (χ4n) is 4.10. The number of rotatable bonds is 1. The van der Waals surface area contributed by atoms with Gasteiger partial charge in [0.25, 0.3) is 0 Å².